The van der Waals surface area contributed by atoms with E-state index in [1.165, 1.54) is 0 Å². The second-order valence-corrected chi connectivity index (χ2v) is 7.59. The van der Waals surface area contributed by atoms with Crippen LogP contribution in [0.15, 0.2) is 28.7 Å². The first-order valence-corrected chi connectivity index (χ1v) is 10.1. The highest BCUT2D eigenvalue weighted by Gasteiger charge is 2.18. The summed E-state index contributed by atoms with van der Waals surface area (Å²) in [7, 11) is 0. The smallest absolute Gasteiger partial charge is 0.303 e. The molecule has 0 amide bonds. The fourth-order valence-corrected chi connectivity index (χ4v) is 3.81. The molecule has 0 aliphatic carbocycles. The fraction of sp³-hybridized carbons (Fsp3) is 0.348. The summed E-state index contributed by atoms with van der Waals surface area (Å²) in [5.41, 5.74) is 10.2. The monoisotopic (exact) mass is 427 g/mol. The van der Waals surface area contributed by atoms with Crippen molar-refractivity contribution in [3.8, 4) is 0 Å². The average molecular weight is 427 g/mol. The fourth-order valence-electron chi connectivity index (χ4n) is 3.81. The van der Waals surface area contributed by atoms with Gasteiger partial charge in [-0.05, 0) is 66.6 Å². The van der Waals surface area contributed by atoms with Gasteiger partial charge in [-0.15, -0.1) is 0 Å². The molecule has 0 aliphatic rings. The number of carbonyl (C=O) groups is 3. The highest BCUT2D eigenvalue weighted by atomic mass is 16.4. The van der Waals surface area contributed by atoms with Gasteiger partial charge in [0.2, 0.25) is 0 Å². The molecule has 0 aliphatic heterocycles. The van der Waals surface area contributed by atoms with Crippen molar-refractivity contribution in [3.63, 3.8) is 0 Å². The number of carboxylic acid groups (broad SMARTS) is 3. The third-order valence-electron chi connectivity index (χ3n) is 5.22. The number of hydrogen-bond donors (Lipinski definition) is 4. The first-order valence-electron chi connectivity index (χ1n) is 10.1. The molecule has 1 heterocycles. The molecule has 0 unspecified atom stereocenters. The summed E-state index contributed by atoms with van der Waals surface area (Å²) in [5, 5.41) is 28.8. The number of rotatable bonds is 11. The van der Waals surface area contributed by atoms with Crippen molar-refractivity contribution in [2.75, 3.05) is 6.54 Å². The van der Waals surface area contributed by atoms with Crippen LogP contribution < -0.4 is 5.73 Å². The highest BCUT2D eigenvalue weighted by Crippen LogP contribution is 2.36. The Balaban J connectivity index is 2.19. The molecule has 5 N–H and O–H groups in total. The highest BCUT2D eigenvalue weighted by molar-refractivity contribution is 6.07. The lowest BCUT2D eigenvalue weighted by molar-refractivity contribution is -0.138. The molecule has 0 bridgehead atoms. The number of aryl methyl sites for hydroxylation is 3. The Labute approximate surface area is 178 Å². The molecule has 8 nitrogen and oxygen atoms in total. The molecule has 0 atom stereocenters. The van der Waals surface area contributed by atoms with E-state index in [0.717, 1.165) is 27.5 Å². The van der Waals surface area contributed by atoms with Crippen molar-refractivity contribution >= 4 is 39.8 Å². The number of carboxylic acids is 3. The van der Waals surface area contributed by atoms with E-state index in [-0.39, 0.29) is 25.7 Å². The lowest BCUT2D eigenvalue weighted by Gasteiger charge is -2.06. The van der Waals surface area contributed by atoms with Crippen LogP contribution in [0.4, 0.5) is 0 Å². The number of hydrogen-bond acceptors (Lipinski definition) is 5. The Morgan fingerprint density at radius 1 is 0.677 bits per heavy atom. The Kier molecular flexibility index (Phi) is 6.91. The zero-order valence-electron chi connectivity index (χ0n) is 17.0. The number of fused-ring (bicyclic) bond motifs is 3. The molecule has 3 aromatic rings. The second kappa shape index (κ2) is 9.61. The molecule has 0 fully saturated rings. The van der Waals surface area contributed by atoms with Crippen molar-refractivity contribution < 1.29 is 34.1 Å². The summed E-state index contributed by atoms with van der Waals surface area (Å²) >= 11 is 0. The standard InChI is InChI=1S/C23H25NO7/c24-8-7-16-10-14(2-5-20(27)28)12-18-17-11-13(1-4-19(25)26)9-15(3-6-21(29)30)22(17)31-23(16)18/h9-12H,1-8,24H2,(H,25,26)(H,27,28)(H,29,30). The quantitative estimate of drug-likeness (QED) is 0.364. The Hall–Kier alpha value is -3.39. The molecule has 1 aromatic heterocycles. The SMILES string of the molecule is NCCc1cc(CCC(=O)O)cc2c1oc1c(CCC(=O)O)cc(CCC(=O)O)cc12. The number of benzene rings is 2. The van der Waals surface area contributed by atoms with Gasteiger partial charge in [0.25, 0.3) is 0 Å². The van der Waals surface area contributed by atoms with E-state index in [4.69, 9.17) is 25.5 Å². The van der Waals surface area contributed by atoms with E-state index in [1.807, 2.05) is 24.3 Å². The Bertz CT molecular complexity index is 1150. The summed E-state index contributed by atoms with van der Waals surface area (Å²) in [5.74, 6) is -2.73. The van der Waals surface area contributed by atoms with Crippen molar-refractivity contribution in [1.29, 1.82) is 0 Å². The van der Waals surface area contributed by atoms with Crippen LogP contribution in [0, 0.1) is 0 Å². The van der Waals surface area contributed by atoms with Gasteiger partial charge in [0.15, 0.2) is 0 Å². The molecule has 0 saturated carbocycles. The second-order valence-electron chi connectivity index (χ2n) is 7.59. The molecule has 8 heteroatoms. The molecule has 164 valence electrons. The van der Waals surface area contributed by atoms with Gasteiger partial charge >= 0.3 is 17.9 Å². The lowest BCUT2D eigenvalue weighted by Crippen LogP contribution is -2.04. The minimum Gasteiger partial charge on any atom is -0.481 e. The summed E-state index contributed by atoms with van der Waals surface area (Å²) in [6.07, 6.45) is 1.36. The Morgan fingerprint density at radius 2 is 1.10 bits per heavy atom. The van der Waals surface area contributed by atoms with E-state index in [2.05, 4.69) is 0 Å². The van der Waals surface area contributed by atoms with Crippen molar-refractivity contribution in [2.45, 2.75) is 44.9 Å². The van der Waals surface area contributed by atoms with E-state index in [1.54, 1.807) is 0 Å². The zero-order valence-corrected chi connectivity index (χ0v) is 17.0. The molecule has 2 aromatic carbocycles. The van der Waals surface area contributed by atoms with Crippen LogP contribution in [0.25, 0.3) is 21.9 Å². The van der Waals surface area contributed by atoms with Crippen LogP contribution in [0.3, 0.4) is 0 Å². The minimum atomic E-state index is -0.931. The maximum Gasteiger partial charge on any atom is 0.303 e. The predicted octanol–water partition coefficient (Wildman–Crippen LogP) is 3.14. The van der Waals surface area contributed by atoms with Gasteiger partial charge in [0, 0.05) is 30.0 Å². The maximum atomic E-state index is 11.1. The molecule has 0 radical (unpaired) electrons. The number of aliphatic carboxylic acids is 3. The van der Waals surface area contributed by atoms with E-state index in [9.17, 15) is 14.4 Å². The average Bonchev–Trinajstić information content (AvgIpc) is 3.08. The van der Waals surface area contributed by atoms with Crippen molar-refractivity contribution in [2.24, 2.45) is 5.73 Å². The van der Waals surface area contributed by atoms with E-state index in [0.29, 0.717) is 42.5 Å². The van der Waals surface area contributed by atoms with Crippen LogP contribution in [0.2, 0.25) is 0 Å². The normalized spacial score (nSPS) is 11.3. The minimum absolute atomic E-state index is 0.00290. The molecule has 0 spiro atoms. The van der Waals surface area contributed by atoms with Crippen LogP contribution in [-0.4, -0.2) is 39.8 Å². The van der Waals surface area contributed by atoms with Gasteiger partial charge in [-0.1, -0.05) is 12.1 Å². The molecule has 0 saturated heterocycles. The molecule has 31 heavy (non-hydrogen) atoms. The van der Waals surface area contributed by atoms with Gasteiger partial charge in [0.1, 0.15) is 11.2 Å². The van der Waals surface area contributed by atoms with Gasteiger partial charge in [-0.3, -0.25) is 14.4 Å². The lowest BCUT2D eigenvalue weighted by atomic mass is 9.96. The van der Waals surface area contributed by atoms with E-state index < -0.39 is 17.9 Å². The zero-order chi connectivity index (χ0) is 22.5. The van der Waals surface area contributed by atoms with Gasteiger partial charge in [-0.2, -0.15) is 0 Å². The van der Waals surface area contributed by atoms with Crippen LogP contribution in [0.1, 0.15) is 41.5 Å². The van der Waals surface area contributed by atoms with Crippen LogP contribution in [-0.2, 0) is 40.1 Å². The molecular formula is C23H25NO7. The third kappa shape index (κ3) is 5.40. The maximum absolute atomic E-state index is 11.1. The first kappa shape index (κ1) is 22.3. The van der Waals surface area contributed by atoms with E-state index >= 15 is 0 Å². The first-order chi connectivity index (χ1) is 14.8. The third-order valence-corrected chi connectivity index (χ3v) is 5.22. The Morgan fingerprint density at radius 3 is 1.52 bits per heavy atom. The van der Waals surface area contributed by atoms with Gasteiger partial charge in [0.05, 0.1) is 0 Å². The summed E-state index contributed by atoms with van der Waals surface area (Å²) in [6, 6.07) is 7.49. The summed E-state index contributed by atoms with van der Waals surface area (Å²) in [6.45, 7) is 0.393. The van der Waals surface area contributed by atoms with Gasteiger partial charge in [-0.25, -0.2) is 0 Å². The number of furan rings is 1. The van der Waals surface area contributed by atoms with Crippen LogP contribution in [0.5, 0.6) is 0 Å². The van der Waals surface area contributed by atoms with Gasteiger partial charge < -0.3 is 25.5 Å². The number of nitrogens with two attached hydrogens (primary N) is 1. The van der Waals surface area contributed by atoms with Crippen molar-refractivity contribution in [1.82, 2.24) is 0 Å². The molecular weight excluding hydrogens is 402 g/mol. The topological polar surface area (TPSA) is 151 Å². The van der Waals surface area contributed by atoms with Crippen LogP contribution >= 0.6 is 0 Å². The molecule has 3 rings (SSSR count). The van der Waals surface area contributed by atoms with Crippen molar-refractivity contribution in [3.05, 3.63) is 46.5 Å². The largest absolute Gasteiger partial charge is 0.481 e. The predicted molar refractivity (Wildman–Crippen MR) is 114 cm³/mol. The summed E-state index contributed by atoms with van der Waals surface area (Å²) < 4.78 is 6.18. The summed E-state index contributed by atoms with van der Waals surface area (Å²) in [4.78, 5) is 33.2.